The fourth-order valence-electron chi connectivity index (χ4n) is 1.95. The van der Waals surface area contributed by atoms with E-state index in [1.807, 2.05) is 7.05 Å². The maximum atomic E-state index is 9.42. The molecule has 2 N–H and O–H groups in total. The van der Waals surface area contributed by atoms with E-state index in [0.717, 1.165) is 25.8 Å². The van der Waals surface area contributed by atoms with Crippen LogP contribution in [0.2, 0.25) is 0 Å². The van der Waals surface area contributed by atoms with Gasteiger partial charge in [0, 0.05) is 11.6 Å². The number of nitrogens with one attached hydrogen (secondary N) is 1. The zero-order valence-corrected chi connectivity index (χ0v) is 11.7. The van der Waals surface area contributed by atoms with Gasteiger partial charge in [-0.1, -0.05) is 13.8 Å². The average Bonchev–Trinajstić information content (AvgIpc) is 2.34. The van der Waals surface area contributed by atoms with Crippen molar-refractivity contribution in [3.63, 3.8) is 0 Å². The van der Waals surface area contributed by atoms with E-state index in [4.69, 9.17) is 0 Å². The van der Waals surface area contributed by atoms with Crippen LogP contribution in [-0.4, -0.2) is 48.8 Å². The summed E-state index contributed by atoms with van der Waals surface area (Å²) in [5, 5.41) is 12.7. The van der Waals surface area contributed by atoms with Gasteiger partial charge in [-0.25, -0.2) is 0 Å². The molecule has 3 heteroatoms. The van der Waals surface area contributed by atoms with Gasteiger partial charge in [0.05, 0.1) is 6.61 Å². The lowest BCUT2D eigenvalue weighted by atomic mass is 9.91. The Bertz CT molecular complexity index is 161. The molecule has 16 heavy (non-hydrogen) atoms. The second-order valence-corrected chi connectivity index (χ2v) is 4.88. The van der Waals surface area contributed by atoms with Gasteiger partial charge in [0.2, 0.25) is 0 Å². The smallest absolute Gasteiger partial charge is 0.0613 e. The highest BCUT2D eigenvalue weighted by Gasteiger charge is 2.24. The van der Waals surface area contributed by atoms with E-state index in [-0.39, 0.29) is 12.1 Å². The van der Waals surface area contributed by atoms with Crippen molar-refractivity contribution in [2.45, 2.75) is 58.0 Å². The first kappa shape index (κ1) is 15.9. The molecule has 3 nitrogen and oxygen atoms in total. The first-order valence-corrected chi connectivity index (χ1v) is 6.55. The summed E-state index contributed by atoms with van der Waals surface area (Å²) in [7, 11) is 4.12. The van der Waals surface area contributed by atoms with E-state index in [1.54, 1.807) is 0 Å². The molecule has 0 aliphatic carbocycles. The first-order chi connectivity index (χ1) is 7.55. The summed E-state index contributed by atoms with van der Waals surface area (Å²) in [5.41, 5.74) is -0.0731. The lowest BCUT2D eigenvalue weighted by Crippen LogP contribution is -2.46. The normalized spacial score (nSPS) is 17.4. The molecule has 0 bridgehead atoms. The zero-order chi connectivity index (χ0) is 12.6. The van der Waals surface area contributed by atoms with Gasteiger partial charge >= 0.3 is 0 Å². The fraction of sp³-hybridized carbons (Fsp3) is 1.00. The molecule has 0 spiro atoms. The summed E-state index contributed by atoms with van der Waals surface area (Å²) in [6.07, 6.45) is 4.35. The molecular formula is C13H30N2O. The Balaban J connectivity index is 3.95. The maximum absolute atomic E-state index is 9.42. The molecule has 0 saturated carbocycles. The molecule has 0 heterocycles. The molecule has 0 radical (unpaired) electrons. The molecule has 2 atom stereocenters. The van der Waals surface area contributed by atoms with Crippen molar-refractivity contribution in [2.75, 3.05) is 27.2 Å². The quantitative estimate of drug-likeness (QED) is 0.634. The molecule has 98 valence electrons. The Hall–Kier alpha value is -0.120. The summed E-state index contributed by atoms with van der Waals surface area (Å²) in [5.74, 6) is 0. The van der Waals surface area contributed by atoms with Crippen molar-refractivity contribution in [3.05, 3.63) is 0 Å². The van der Waals surface area contributed by atoms with Crippen molar-refractivity contribution in [2.24, 2.45) is 0 Å². The van der Waals surface area contributed by atoms with E-state index >= 15 is 0 Å². The lowest BCUT2D eigenvalue weighted by molar-refractivity contribution is 0.144. The monoisotopic (exact) mass is 230 g/mol. The van der Waals surface area contributed by atoms with Crippen molar-refractivity contribution in [3.8, 4) is 0 Å². The van der Waals surface area contributed by atoms with Crippen molar-refractivity contribution in [1.82, 2.24) is 10.2 Å². The molecule has 0 rings (SSSR count). The summed E-state index contributed by atoms with van der Waals surface area (Å²) in [4.78, 5) is 2.40. The molecule has 0 fully saturated rings. The van der Waals surface area contributed by atoms with E-state index in [9.17, 15) is 5.11 Å². The molecule has 0 aromatic rings. The van der Waals surface area contributed by atoms with E-state index in [0.29, 0.717) is 6.04 Å². The van der Waals surface area contributed by atoms with Crippen LogP contribution in [0.4, 0.5) is 0 Å². The number of likely N-dealkylation sites (N-methyl/N-ethyl adjacent to an activating group) is 1. The Kier molecular flexibility index (Phi) is 7.98. The molecule has 2 unspecified atom stereocenters. The van der Waals surface area contributed by atoms with E-state index < -0.39 is 0 Å². The number of aliphatic hydroxyl groups excluding tert-OH is 1. The van der Waals surface area contributed by atoms with Gasteiger partial charge in [-0.3, -0.25) is 0 Å². The topological polar surface area (TPSA) is 35.5 Å². The van der Waals surface area contributed by atoms with Crippen LogP contribution in [0.5, 0.6) is 0 Å². The molecule has 0 aliphatic heterocycles. The predicted octanol–water partition coefficient (Wildman–Crippen LogP) is 1.86. The first-order valence-electron chi connectivity index (χ1n) is 6.55. The molecule has 0 aromatic carbocycles. The van der Waals surface area contributed by atoms with E-state index in [1.165, 1.54) is 6.42 Å². The molecule has 0 saturated heterocycles. The van der Waals surface area contributed by atoms with Crippen molar-refractivity contribution < 1.29 is 5.11 Å². The van der Waals surface area contributed by atoms with Crippen molar-refractivity contribution >= 4 is 0 Å². The van der Waals surface area contributed by atoms with Crippen LogP contribution in [0.1, 0.15) is 46.5 Å². The van der Waals surface area contributed by atoms with Crippen molar-refractivity contribution in [1.29, 1.82) is 0 Å². The van der Waals surface area contributed by atoms with Gasteiger partial charge in [-0.15, -0.1) is 0 Å². The van der Waals surface area contributed by atoms with Crippen LogP contribution in [-0.2, 0) is 0 Å². The predicted molar refractivity (Wildman–Crippen MR) is 70.8 cm³/mol. The lowest BCUT2D eigenvalue weighted by Gasteiger charge is -2.32. The molecule has 0 aromatic heterocycles. The maximum Gasteiger partial charge on any atom is 0.0613 e. The van der Waals surface area contributed by atoms with Crippen LogP contribution >= 0.6 is 0 Å². The standard InChI is InChI=1S/C13H30N2O/c1-6-12(3)15(5)10-8-9-13(7-2,11-16)14-4/h12,14,16H,6-11H2,1-5H3. The number of rotatable bonds is 9. The zero-order valence-electron chi connectivity index (χ0n) is 11.7. The SMILES string of the molecule is CCC(C)N(C)CCCC(CC)(CO)NC. The van der Waals surface area contributed by atoms with E-state index in [2.05, 4.69) is 38.0 Å². The third-order valence-electron chi connectivity index (χ3n) is 4.02. The Labute approximate surface area is 101 Å². The van der Waals surface area contributed by atoms with Gasteiger partial charge in [0.25, 0.3) is 0 Å². The Morgan fingerprint density at radius 1 is 1.38 bits per heavy atom. The van der Waals surface area contributed by atoms with Crippen LogP contribution in [0.15, 0.2) is 0 Å². The largest absolute Gasteiger partial charge is 0.394 e. The number of hydrogen-bond donors (Lipinski definition) is 2. The second kappa shape index (κ2) is 8.04. The van der Waals surface area contributed by atoms with Crippen LogP contribution < -0.4 is 5.32 Å². The fourth-order valence-corrected chi connectivity index (χ4v) is 1.95. The average molecular weight is 230 g/mol. The molecule has 0 aliphatic rings. The second-order valence-electron chi connectivity index (χ2n) is 4.88. The highest BCUT2D eigenvalue weighted by Crippen LogP contribution is 2.17. The number of hydrogen-bond acceptors (Lipinski definition) is 3. The van der Waals surface area contributed by atoms with Crippen LogP contribution in [0.3, 0.4) is 0 Å². The summed E-state index contributed by atoms with van der Waals surface area (Å²) in [6.45, 7) is 7.95. The molecule has 0 amide bonds. The van der Waals surface area contributed by atoms with Crippen LogP contribution in [0.25, 0.3) is 0 Å². The summed E-state index contributed by atoms with van der Waals surface area (Å²) < 4.78 is 0. The van der Waals surface area contributed by atoms with Gasteiger partial charge < -0.3 is 15.3 Å². The van der Waals surface area contributed by atoms with Gasteiger partial charge in [0.1, 0.15) is 0 Å². The highest BCUT2D eigenvalue weighted by molar-refractivity contribution is 4.84. The highest BCUT2D eigenvalue weighted by atomic mass is 16.3. The minimum Gasteiger partial charge on any atom is -0.394 e. The summed E-state index contributed by atoms with van der Waals surface area (Å²) in [6, 6.07) is 0.653. The Morgan fingerprint density at radius 3 is 2.38 bits per heavy atom. The summed E-state index contributed by atoms with van der Waals surface area (Å²) >= 11 is 0. The minimum atomic E-state index is -0.0731. The third-order valence-corrected chi connectivity index (χ3v) is 4.02. The third kappa shape index (κ3) is 4.81. The number of nitrogens with zero attached hydrogens (tertiary/aromatic N) is 1. The Morgan fingerprint density at radius 2 is 2.00 bits per heavy atom. The van der Waals surface area contributed by atoms with Crippen LogP contribution in [0, 0.1) is 0 Å². The van der Waals surface area contributed by atoms with Gasteiger partial charge in [-0.2, -0.15) is 0 Å². The minimum absolute atomic E-state index is 0.0731. The van der Waals surface area contributed by atoms with Gasteiger partial charge in [0.15, 0.2) is 0 Å². The molecular weight excluding hydrogens is 200 g/mol. The number of aliphatic hydroxyl groups is 1. The van der Waals surface area contributed by atoms with Gasteiger partial charge in [-0.05, 0) is 53.2 Å².